The zero-order valence-corrected chi connectivity index (χ0v) is 11.8. The van der Waals surface area contributed by atoms with Crippen LogP contribution in [-0.2, 0) is 19.4 Å². The number of nitrogens with two attached hydrogens (primary N) is 1. The second kappa shape index (κ2) is 4.76. The fourth-order valence-electron chi connectivity index (χ4n) is 2.54. The molecule has 1 aromatic carbocycles. The van der Waals surface area contributed by atoms with Gasteiger partial charge in [-0.05, 0) is 37.3 Å². The van der Waals surface area contributed by atoms with Gasteiger partial charge in [0.1, 0.15) is 5.82 Å². The monoisotopic (exact) mass is 305 g/mol. The molecule has 1 aliphatic carbocycles. The molecule has 94 valence electrons. The van der Waals surface area contributed by atoms with Gasteiger partial charge in [-0.15, -0.1) is 0 Å². The summed E-state index contributed by atoms with van der Waals surface area (Å²) in [5.74, 6) is 0.848. The highest BCUT2D eigenvalue weighted by molar-refractivity contribution is 9.10. The first-order valence-electron chi connectivity index (χ1n) is 6.33. The van der Waals surface area contributed by atoms with Gasteiger partial charge in [0.05, 0.1) is 12.2 Å². The molecule has 0 bridgehead atoms. The Morgan fingerprint density at radius 2 is 2.00 bits per heavy atom. The van der Waals surface area contributed by atoms with Crippen LogP contribution in [-0.4, -0.2) is 9.78 Å². The van der Waals surface area contributed by atoms with Crippen LogP contribution in [0.15, 0.2) is 28.7 Å². The van der Waals surface area contributed by atoms with Gasteiger partial charge in [0.25, 0.3) is 0 Å². The van der Waals surface area contributed by atoms with Crippen LogP contribution in [0.5, 0.6) is 0 Å². The maximum atomic E-state index is 6.21. The summed E-state index contributed by atoms with van der Waals surface area (Å²) in [6, 6.07) is 8.21. The third-order valence-electron chi connectivity index (χ3n) is 3.55. The van der Waals surface area contributed by atoms with Crippen molar-refractivity contribution < 1.29 is 0 Å². The molecule has 0 saturated carbocycles. The summed E-state index contributed by atoms with van der Waals surface area (Å²) < 4.78 is 3.05. The number of hydrogen-bond acceptors (Lipinski definition) is 2. The van der Waals surface area contributed by atoms with Gasteiger partial charge >= 0.3 is 0 Å². The van der Waals surface area contributed by atoms with Gasteiger partial charge in [-0.2, -0.15) is 5.10 Å². The number of fused-ring (bicyclic) bond motifs is 1. The van der Waals surface area contributed by atoms with Crippen LogP contribution in [0.2, 0.25) is 0 Å². The smallest absolute Gasteiger partial charge is 0.125 e. The summed E-state index contributed by atoms with van der Waals surface area (Å²) in [6.45, 7) is 0.736. The standard InChI is InChI=1S/C14H16BrN3/c15-12-7-3-1-5-10(12)9-18-14(16)11-6-2-4-8-13(11)17-18/h1,3,5,7H,2,4,6,8-9,16H2. The quantitative estimate of drug-likeness (QED) is 0.926. The van der Waals surface area contributed by atoms with Crippen molar-refractivity contribution in [2.75, 3.05) is 5.73 Å². The highest BCUT2D eigenvalue weighted by atomic mass is 79.9. The van der Waals surface area contributed by atoms with E-state index in [1.165, 1.54) is 29.7 Å². The van der Waals surface area contributed by atoms with E-state index in [1.807, 2.05) is 16.8 Å². The van der Waals surface area contributed by atoms with Crippen molar-refractivity contribution in [3.63, 3.8) is 0 Å². The van der Waals surface area contributed by atoms with Crippen LogP contribution >= 0.6 is 15.9 Å². The van der Waals surface area contributed by atoms with E-state index in [4.69, 9.17) is 5.73 Å². The van der Waals surface area contributed by atoms with Crippen LogP contribution < -0.4 is 5.73 Å². The minimum Gasteiger partial charge on any atom is -0.384 e. The van der Waals surface area contributed by atoms with Crippen molar-refractivity contribution in [3.8, 4) is 0 Å². The molecule has 0 spiro atoms. The maximum absolute atomic E-state index is 6.21. The minimum atomic E-state index is 0.736. The van der Waals surface area contributed by atoms with Crippen LogP contribution in [0, 0.1) is 0 Å². The van der Waals surface area contributed by atoms with Gasteiger partial charge in [-0.25, -0.2) is 4.68 Å². The summed E-state index contributed by atoms with van der Waals surface area (Å²) in [6.07, 6.45) is 4.62. The van der Waals surface area contributed by atoms with Gasteiger partial charge < -0.3 is 5.73 Å². The highest BCUT2D eigenvalue weighted by Crippen LogP contribution is 2.27. The van der Waals surface area contributed by atoms with Crippen molar-refractivity contribution in [1.82, 2.24) is 9.78 Å². The van der Waals surface area contributed by atoms with Crippen molar-refractivity contribution in [2.24, 2.45) is 0 Å². The Bertz CT molecular complexity index is 574. The van der Waals surface area contributed by atoms with E-state index < -0.39 is 0 Å². The zero-order chi connectivity index (χ0) is 12.5. The lowest BCUT2D eigenvalue weighted by Crippen LogP contribution is -2.07. The minimum absolute atomic E-state index is 0.736. The van der Waals surface area contributed by atoms with E-state index in [2.05, 4.69) is 33.2 Å². The number of aryl methyl sites for hydroxylation is 1. The Morgan fingerprint density at radius 1 is 1.22 bits per heavy atom. The van der Waals surface area contributed by atoms with Gasteiger partial charge in [0.2, 0.25) is 0 Å². The summed E-state index contributed by atoms with van der Waals surface area (Å²) in [5, 5.41) is 4.66. The fraction of sp³-hybridized carbons (Fsp3) is 0.357. The molecule has 0 radical (unpaired) electrons. The molecule has 1 aromatic heterocycles. The number of aromatic nitrogens is 2. The number of anilines is 1. The predicted octanol–water partition coefficient (Wildman–Crippen LogP) is 3.15. The number of nitrogen functional groups attached to an aromatic ring is 1. The molecule has 3 rings (SSSR count). The molecule has 0 atom stereocenters. The topological polar surface area (TPSA) is 43.8 Å². The lowest BCUT2D eigenvalue weighted by molar-refractivity contribution is 0.647. The third kappa shape index (κ3) is 2.05. The Kier molecular flexibility index (Phi) is 3.12. The van der Waals surface area contributed by atoms with Crippen molar-refractivity contribution in [1.29, 1.82) is 0 Å². The molecule has 2 N–H and O–H groups in total. The number of nitrogens with zero attached hydrogens (tertiary/aromatic N) is 2. The molecule has 2 aromatic rings. The molecular formula is C14H16BrN3. The van der Waals surface area contributed by atoms with E-state index in [9.17, 15) is 0 Å². The Labute approximate surface area is 115 Å². The van der Waals surface area contributed by atoms with E-state index in [-0.39, 0.29) is 0 Å². The van der Waals surface area contributed by atoms with Gasteiger partial charge in [0, 0.05) is 10.0 Å². The number of rotatable bonds is 2. The Balaban J connectivity index is 1.94. The van der Waals surface area contributed by atoms with Gasteiger partial charge in [-0.3, -0.25) is 0 Å². The Hall–Kier alpha value is -1.29. The first-order chi connectivity index (χ1) is 8.75. The summed E-state index contributed by atoms with van der Waals surface area (Å²) in [5.41, 5.74) is 9.89. The molecule has 1 aliphatic rings. The Morgan fingerprint density at radius 3 is 2.78 bits per heavy atom. The summed E-state index contributed by atoms with van der Waals surface area (Å²) in [7, 11) is 0. The first-order valence-corrected chi connectivity index (χ1v) is 7.12. The third-order valence-corrected chi connectivity index (χ3v) is 4.32. The molecule has 3 nitrogen and oxygen atoms in total. The number of halogens is 1. The maximum Gasteiger partial charge on any atom is 0.125 e. The van der Waals surface area contributed by atoms with Crippen molar-refractivity contribution >= 4 is 21.7 Å². The SMILES string of the molecule is Nc1c2c(nn1Cc1ccccc1Br)CCCC2. The molecule has 0 unspecified atom stereocenters. The number of benzene rings is 1. The molecular weight excluding hydrogens is 290 g/mol. The van der Waals surface area contributed by atoms with E-state index in [1.54, 1.807) is 0 Å². The van der Waals surface area contributed by atoms with E-state index in [0.717, 1.165) is 29.7 Å². The highest BCUT2D eigenvalue weighted by Gasteiger charge is 2.18. The lowest BCUT2D eigenvalue weighted by Gasteiger charge is -2.09. The largest absolute Gasteiger partial charge is 0.384 e. The second-order valence-corrected chi connectivity index (χ2v) is 5.62. The van der Waals surface area contributed by atoms with E-state index in [0.29, 0.717) is 0 Å². The van der Waals surface area contributed by atoms with Crippen LogP contribution in [0.3, 0.4) is 0 Å². The predicted molar refractivity (Wildman–Crippen MR) is 76.5 cm³/mol. The number of hydrogen-bond donors (Lipinski definition) is 1. The summed E-state index contributed by atoms with van der Waals surface area (Å²) >= 11 is 3.57. The average molecular weight is 306 g/mol. The van der Waals surface area contributed by atoms with Crippen LogP contribution in [0.4, 0.5) is 5.82 Å². The molecule has 1 heterocycles. The molecule has 18 heavy (non-hydrogen) atoms. The first kappa shape index (κ1) is 11.8. The normalized spacial score (nSPS) is 14.5. The van der Waals surface area contributed by atoms with Crippen molar-refractivity contribution in [2.45, 2.75) is 32.2 Å². The van der Waals surface area contributed by atoms with E-state index >= 15 is 0 Å². The molecule has 4 heteroatoms. The molecule has 0 saturated heterocycles. The van der Waals surface area contributed by atoms with Gasteiger partial charge in [-0.1, -0.05) is 34.1 Å². The lowest BCUT2D eigenvalue weighted by atomic mass is 9.98. The molecule has 0 amide bonds. The average Bonchev–Trinajstić information content (AvgIpc) is 2.70. The summed E-state index contributed by atoms with van der Waals surface area (Å²) in [4.78, 5) is 0. The fourth-order valence-corrected chi connectivity index (χ4v) is 2.95. The zero-order valence-electron chi connectivity index (χ0n) is 10.2. The van der Waals surface area contributed by atoms with Crippen LogP contribution in [0.25, 0.3) is 0 Å². The van der Waals surface area contributed by atoms with Crippen LogP contribution in [0.1, 0.15) is 29.7 Å². The van der Waals surface area contributed by atoms with Crippen molar-refractivity contribution in [3.05, 3.63) is 45.6 Å². The molecule has 0 fully saturated rings. The second-order valence-electron chi connectivity index (χ2n) is 4.77. The molecule has 0 aliphatic heterocycles. The van der Waals surface area contributed by atoms with Gasteiger partial charge in [0.15, 0.2) is 0 Å².